The lowest BCUT2D eigenvalue weighted by Gasteiger charge is -2.35. The van der Waals surface area contributed by atoms with Gasteiger partial charge in [-0.1, -0.05) is 26.0 Å². The molecule has 3 aliphatic rings. The highest BCUT2D eigenvalue weighted by Crippen LogP contribution is 2.33. The Kier molecular flexibility index (Phi) is 5.16. The van der Waals surface area contributed by atoms with Crippen molar-refractivity contribution in [2.75, 3.05) is 32.8 Å². The number of carbonyl (C=O) groups is 2. The van der Waals surface area contributed by atoms with Gasteiger partial charge < -0.3 is 14.6 Å². The van der Waals surface area contributed by atoms with Gasteiger partial charge in [0, 0.05) is 56.8 Å². The number of aromatic nitrogens is 1. The van der Waals surface area contributed by atoms with Crippen molar-refractivity contribution in [3.8, 4) is 5.75 Å². The number of fused-ring (bicyclic) bond motifs is 2. The van der Waals surface area contributed by atoms with Crippen molar-refractivity contribution in [1.82, 2.24) is 14.8 Å². The number of ketones is 1. The average Bonchev–Trinajstić information content (AvgIpc) is 3.20. The van der Waals surface area contributed by atoms with E-state index in [-0.39, 0.29) is 22.7 Å². The normalized spacial score (nSPS) is 19.9. The monoisotopic (exact) mass is 435 g/mol. The average molecular weight is 436 g/mol. The fourth-order valence-electron chi connectivity index (χ4n) is 5.06. The van der Waals surface area contributed by atoms with Crippen LogP contribution in [0.2, 0.25) is 0 Å². The fraction of sp³-hybridized carbons (Fsp3) is 0.480. The Morgan fingerprint density at radius 2 is 1.88 bits per heavy atom. The third-order valence-corrected chi connectivity index (χ3v) is 6.77. The number of aromatic amines is 1. The molecule has 3 heterocycles. The first-order chi connectivity index (χ1) is 15.3. The van der Waals surface area contributed by atoms with E-state index in [4.69, 9.17) is 4.74 Å². The molecule has 1 aliphatic carbocycles. The molecule has 1 saturated heterocycles. The first-order valence-corrected chi connectivity index (χ1v) is 11.3. The van der Waals surface area contributed by atoms with Gasteiger partial charge in [-0.25, -0.2) is 0 Å². The van der Waals surface area contributed by atoms with Crippen molar-refractivity contribution >= 4 is 11.7 Å². The number of nitrogens with zero attached hydrogens (tertiary/aromatic N) is 2. The van der Waals surface area contributed by atoms with E-state index in [0.717, 1.165) is 38.4 Å². The molecule has 5 rings (SSSR count). The Morgan fingerprint density at radius 3 is 2.66 bits per heavy atom. The minimum atomic E-state index is -0.401. The molecule has 1 N–H and O–H groups in total. The second kappa shape index (κ2) is 7.89. The summed E-state index contributed by atoms with van der Waals surface area (Å²) in [7, 11) is 0. The van der Waals surface area contributed by atoms with Crippen LogP contribution < -0.4 is 10.3 Å². The van der Waals surface area contributed by atoms with Gasteiger partial charge in [0.05, 0.1) is 6.61 Å². The van der Waals surface area contributed by atoms with E-state index in [2.05, 4.69) is 22.0 Å². The van der Waals surface area contributed by atoms with Crippen molar-refractivity contribution < 1.29 is 14.3 Å². The molecular formula is C25H29N3O4. The molecule has 0 unspecified atom stereocenters. The van der Waals surface area contributed by atoms with Gasteiger partial charge in [-0.2, -0.15) is 0 Å². The molecule has 2 aliphatic heterocycles. The molecule has 0 atom stereocenters. The fourth-order valence-corrected chi connectivity index (χ4v) is 5.06. The molecule has 0 saturated carbocycles. The highest BCUT2D eigenvalue weighted by Gasteiger charge is 2.33. The van der Waals surface area contributed by atoms with E-state index in [1.807, 2.05) is 19.9 Å². The quantitative estimate of drug-likeness (QED) is 0.801. The van der Waals surface area contributed by atoms with Gasteiger partial charge in [0.15, 0.2) is 5.78 Å². The summed E-state index contributed by atoms with van der Waals surface area (Å²) in [6.45, 7) is 8.23. The van der Waals surface area contributed by atoms with Crippen LogP contribution in [0.15, 0.2) is 29.1 Å². The SMILES string of the molecule is CC1(C)CC(=O)c2cc(C(=O)N3CCN(Cc4ccc5c(c4)CCO5)CC3)c(=O)[nH]c2C1. The summed E-state index contributed by atoms with van der Waals surface area (Å²) in [5.74, 6) is 0.689. The van der Waals surface area contributed by atoms with Crippen molar-refractivity contribution in [2.24, 2.45) is 5.41 Å². The zero-order valence-corrected chi connectivity index (χ0v) is 18.7. The number of carbonyl (C=O) groups excluding carboxylic acids is 2. The zero-order valence-electron chi connectivity index (χ0n) is 18.7. The third-order valence-electron chi connectivity index (χ3n) is 6.77. The number of benzene rings is 1. The van der Waals surface area contributed by atoms with E-state index in [1.165, 1.54) is 17.2 Å². The number of Topliss-reactive ketones (excluding diaryl/α,β-unsaturated/α-hetero) is 1. The highest BCUT2D eigenvalue weighted by molar-refractivity contribution is 6.02. The number of hydrogen-bond acceptors (Lipinski definition) is 5. The maximum atomic E-state index is 13.1. The lowest BCUT2D eigenvalue weighted by Crippen LogP contribution is -2.49. The van der Waals surface area contributed by atoms with Gasteiger partial charge >= 0.3 is 0 Å². The van der Waals surface area contributed by atoms with E-state index in [0.29, 0.717) is 37.2 Å². The van der Waals surface area contributed by atoms with E-state index in [1.54, 1.807) is 4.90 Å². The molecule has 2 aromatic rings. The molecular weight excluding hydrogens is 406 g/mol. The van der Waals surface area contributed by atoms with Crippen LogP contribution in [0.4, 0.5) is 0 Å². The number of hydrogen-bond donors (Lipinski definition) is 1. The van der Waals surface area contributed by atoms with Crippen molar-refractivity contribution in [3.63, 3.8) is 0 Å². The number of pyridine rings is 1. The van der Waals surface area contributed by atoms with Crippen LogP contribution in [0.1, 0.15) is 57.8 Å². The Hall–Kier alpha value is -2.93. The van der Waals surface area contributed by atoms with Crippen LogP contribution >= 0.6 is 0 Å². The van der Waals surface area contributed by atoms with Crippen LogP contribution in [0.3, 0.4) is 0 Å². The predicted octanol–water partition coefficient (Wildman–Crippen LogP) is 2.42. The van der Waals surface area contributed by atoms with E-state index >= 15 is 0 Å². The largest absolute Gasteiger partial charge is 0.493 e. The maximum Gasteiger partial charge on any atom is 0.261 e. The number of rotatable bonds is 3. The lowest BCUT2D eigenvalue weighted by molar-refractivity contribution is 0.0626. The van der Waals surface area contributed by atoms with Crippen LogP contribution in [0.5, 0.6) is 5.75 Å². The molecule has 32 heavy (non-hydrogen) atoms. The molecule has 168 valence electrons. The van der Waals surface area contributed by atoms with Crippen molar-refractivity contribution in [1.29, 1.82) is 0 Å². The van der Waals surface area contributed by atoms with Crippen molar-refractivity contribution in [3.05, 3.63) is 62.6 Å². The Bertz CT molecular complexity index is 1140. The zero-order chi connectivity index (χ0) is 22.5. The summed E-state index contributed by atoms with van der Waals surface area (Å²) in [5.41, 5.74) is 3.15. The summed E-state index contributed by atoms with van der Waals surface area (Å²) in [6.07, 6.45) is 2.01. The van der Waals surface area contributed by atoms with Gasteiger partial charge in [0.2, 0.25) is 0 Å². The number of piperazine rings is 1. The molecule has 0 bridgehead atoms. The Balaban J connectivity index is 1.25. The predicted molar refractivity (Wildman–Crippen MR) is 120 cm³/mol. The van der Waals surface area contributed by atoms with Crippen LogP contribution in [-0.4, -0.2) is 59.3 Å². The highest BCUT2D eigenvalue weighted by atomic mass is 16.5. The summed E-state index contributed by atoms with van der Waals surface area (Å²) < 4.78 is 5.58. The molecule has 0 radical (unpaired) electrons. The first kappa shape index (κ1) is 20.9. The van der Waals surface area contributed by atoms with Crippen LogP contribution in [0, 0.1) is 5.41 Å². The number of amides is 1. The molecule has 1 aromatic carbocycles. The maximum absolute atomic E-state index is 13.1. The van der Waals surface area contributed by atoms with E-state index in [9.17, 15) is 14.4 Å². The molecule has 7 heteroatoms. The molecule has 1 fully saturated rings. The molecule has 1 amide bonds. The second-order valence-corrected chi connectivity index (χ2v) is 9.95. The first-order valence-electron chi connectivity index (χ1n) is 11.3. The number of nitrogens with one attached hydrogen (secondary N) is 1. The van der Waals surface area contributed by atoms with Gasteiger partial charge in [-0.3, -0.25) is 19.3 Å². The van der Waals surface area contributed by atoms with Crippen LogP contribution in [-0.2, 0) is 19.4 Å². The van der Waals surface area contributed by atoms with Crippen molar-refractivity contribution in [2.45, 2.75) is 39.7 Å². The van der Waals surface area contributed by atoms with Gasteiger partial charge in [0.1, 0.15) is 11.3 Å². The third kappa shape index (κ3) is 3.97. The lowest BCUT2D eigenvalue weighted by atomic mass is 9.75. The van der Waals surface area contributed by atoms with E-state index < -0.39 is 5.56 Å². The second-order valence-electron chi connectivity index (χ2n) is 9.95. The van der Waals surface area contributed by atoms with Gasteiger partial charge in [0.25, 0.3) is 11.5 Å². The summed E-state index contributed by atoms with van der Waals surface area (Å²) in [5, 5.41) is 0. The minimum Gasteiger partial charge on any atom is -0.493 e. The standard InChI is InChI=1S/C25H29N3O4/c1-25(2)13-20-18(21(29)14-25)12-19(23(30)26-20)24(31)28-8-6-27(7-9-28)15-16-3-4-22-17(11-16)5-10-32-22/h3-4,11-12H,5-10,13-15H2,1-2H3,(H,26,30). The topological polar surface area (TPSA) is 82.7 Å². The Labute approximate surface area is 187 Å². The number of H-pyrrole nitrogens is 1. The summed E-state index contributed by atoms with van der Waals surface area (Å²) in [6, 6.07) is 7.88. The summed E-state index contributed by atoms with van der Waals surface area (Å²) >= 11 is 0. The van der Waals surface area contributed by atoms with Gasteiger partial charge in [-0.15, -0.1) is 0 Å². The van der Waals surface area contributed by atoms with Crippen LogP contribution in [0.25, 0.3) is 0 Å². The molecule has 1 aromatic heterocycles. The Morgan fingerprint density at radius 1 is 1.09 bits per heavy atom. The smallest absolute Gasteiger partial charge is 0.261 e. The van der Waals surface area contributed by atoms with Gasteiger partial charge in [-0.05, 0) is 35.1 Å². The number of ether oxygens (including phenoxy) is 1. The molecule has 0 spiro atoms. The summed E-state index contributed by atoms with van der Waals surface area (Å²) in [4.78, 5) is 45.2. The minimum absolute atomic E-state index is 0.00823. The molecule has 7 nitrogen and oxygen atoms in total.